The quantitative estimate of drug-likeness (QED) is 0.682. The predicted molar refractivity (Wildman–Crippen MR) is 89.1 cm³/mol. The van der Waals surface area contributed by atoms with Crippen molar-refractivity contribution in [2.45, 2.75) is 33.1 Å². The number of anilines is 1. The second-order valence-corrected chi connectivity index (χ2v) is 7.21. The third kappa shape index (κ3) is 2.19. The summed E-state index contributed by atoms with van der Waals surface area (Å²) in [6.45, 7) is 8.60. The Morgan fingerprint density at radius 3 is 2.61 bits per heavy atom. The molecule has 0 radical (unpaired) electrons. The largest absolute Gasteiger partial charge is 0.465 e. The first kappa shape index (κ1) is 15.8. The zero-order valence-electron chi connectivity index (χ0n) is 13.9. The van der Waals surface area contributed by atoms with Gasteiger partial charge in [0.25, 0.3) is 0 Å². The molecule has 2 saturated carbocycles. The van der Waals surface area contributed by atoms with Crippen LogP contribution in [0.3, 0.4) is 0 Å². The smallest absolute Gasteiger partial charge is 0.339 e. The maximum absolute atomic E-state index is 13.0. The molecule has 0 unspecified atom stereocenters. The van der Waals surface area contributed by atoms with Crippen molar-refractivity contribution in [1.29, 1.82) is 0 Å². The van der Waals surface area contributed by atoms with Gasteiger partial charge in [-0.1, -0.05) is 38.1 Å². The van der Waals surface area contributed by atoms with Gasteiger partial charge in [-0.15, -0.1) is 0 Å². The highest BCUT2D eigenvalue weighted by molar-refractivity contribution is 6.04. The summed E-state index contributed by atoms with van der Waals surface area (Å²) in [6.07, 6.45) is 2.75. The monoisotopic (exact) mass is 313 g/mol. The number of benzene rings is 1. The van der Waals surface area contributed by atoms with Crippen LogP contribution >= 0.6 is 0 Å². The minimum Gasteiger partial charge on any atom is -0.465 e. The lowest BCUT2D eigenvalue weighted by atomic mass is 9.68. The molecule has 0 aliphatic heterocycles. The Labute approximate surface area is 136 Å². The molecule has 2 atom stereocenters. The SMILES string of the molecule is C=C1C(C)(C)[C@@H]2CC[C@]1(C(=O)Nc1ccccc1C(=O)OC)C2. The Bertz CT molecular complexity index is 692. The third-order valence-electron chi connectivity index (χ3n) is 5.91. The van der Waals surface area contributed by atoms with E-state index in [0.29, 0.717) is 17.2 Å². The van der Waals surface area contributed by atoms with Crippen LogP contribution in [0.5, 0.6) is 0 Å². The fraction of sp³-hybridized carbons (Fsp3) is 0.474. The number of carbonyl (C=O) groups excluding carboxylic acids is 2. The lowest BCUT2D eigenvalue weighted by molar-refractivity contribution is -0.123. The molecule has 2 aliphatic carbocycles. The number of para-hydroxylation sites is 1. The number of carbonyl (C=O) groups is 2. The first-order valence-corrected chi connectivity index (χ1v) is 8.01. The van der Waals surface area contributed by atoms with Crippen molar-refractivity contribution < 1.29 is 14.3 Å². The average Bonchev–Trinajstić information content (AvgIpc) is 3.07. The van der Waals surface area contributed by atoms with E-state index in [9.17, 15) is 9.59 Å². The van der Waals surface area contributed by atoms with Gasteiger partial charge in [-0.2, -0.15) is 0 Å². The summed E-state index contributed by atoms with van der Waals surface area (Å²) in [7, 11) is 1.34. The minimum absolute atomic E-state index is 0.00252. The van der Waals surface area contributed by atoms with E-state index in [-0.39, 0.29) is 11.3 Å². The zero-order chi connectivity index (χ0) is 16.8. The van der Waals surface area contributed by atoms with E-state index >= 15 is 0 Å². The Morgan fingerprint density at radius 1 is 1.30 bits per heavy atom. The van der Waals surface area contributed by atoms with Crippen LogP contribution in [0.15, 0.2) is 36.4 Å². The van der Waals surface area contributed by atoms with Crippen LogP contribution in [-0.2, 0) is 9.53 Å². The highest BCUT2D eigenvalue weighted by atomic mass is 16.5. The fourth-order valence-electron chi connectivity index (χ4n) is 4.26. The van der Waals surface area contributed by atoms with E-state index in [1.807, 2.05) is 0 Å². The molecule has 2 fully saturated rings. The number of hydrogen-bond donors (Lipinski definition) is 1. The van der Waals surface area contributed by atoms with Crippen LogP contribution in [-0.4, -0.2) is 19.0 Å². The lowest BCUT2D eigenvalue weighted by Gasteiger charge is -2.37. The molecular formula is C19H23NO3. The molecule has 1 aromatic rings. The number of hydrogen-bond acceptors (Lipinski definition) is 3. The van der Waals surface area contributed by atoms with Crippen LogP contribution in [0.4, 0.5) is 5.69 Å². The van der Waals surface area contributed by atoms with Crippen molar-refractivity contribution in [3.8, 4) is 0 Å². The standard InChI is InChI=1S/C19H23NO3/c1-12-18(2,3)13-9-10-19(12,11-13)17(22)20-15-8-6-5-7-14(15)16(21)23-4/h5-8,13H,1,9-11H2,2-4H3,(H,20,22)/t13-,19+/m1/s1. The van der Waals surface area contributed by atoms with Crippen LogP contribution in [0, 0.1) is 16.7 Å². The Kier molecular flexibility index (Phi) is 3.58. The van der Waals surface area contributed by atoms with Gasteiger partial charge in [0.15, 0.2) is 0 Å². The second-order valence-electron chi connectivity index (χ2n) is 7.21. The molecule has 0 spiro atoms. The van der Waals surface area contributed by atoms with Gasteiger partial charge in [0, 0.05) is 0 Å². The van der Waals surface area contributed by atoms with E-state index in [1.165, 1.54) is 7.11 Å². The first-order valence-electron chi connectivity index (χ1n) is 8.01. The summed E-state index contributed by atoms with van der Waals surface area (Å²) in [5, 5.41) is 2.95. The van der Waals surface area contributed by atoms with Crippen molar-refractivity contribution in [2.75, 3.05) is 12.4 Å². The van der Waals surface area contributed by atoms with Crippen molar-refractivity contribution in [3.05, 3.63) is 42.0 Å². The summed E-state index contributed by atoms with van der Waals surface area (Å²) in [6, 6.07) is 6.94. The highest BCUT2D eigenvalue weighted by Crippen LogP contribution is 2.65. The Balaban J connectivity index is 1.89. The molecule has 0 saturated heterocycles. The lowest BCUT2D eigenvalue weighted by Crippen LogP contribution is -2.37. The van der Waals surface area contributed by atoms with Gasteiger partial charge in [0.2, 0.25) is 5.91 Å². The molecule has 2 aliphatic rings. The first-order chi connectivity index (χ1) is 10.8. The number of ether oxygens (including phenoxy) is 1. The molecule has 1 aromatic carbocycles. The minimum atomic E-state index is -0.503. The van der Waals surface area contributed by atoms with Crippen LogP contribution in [0.2, 0.25) is 0 Å². The number of esters is 1. The topological polar surface area (TPSA) is 55.4 Å². The maximum Gasteiger partial charge on any atom is 0.339 e. The molecule has 23 heavy (non-hydrogen) atoms. The normalized spacial score (nSPS) is 27.8. The fourth-order valence-corrected chi connectivity index (χ4v) is 4.26. The van der Waals surface area contributed by atoms with Crippen molar-refractivity contribution >= 4 is 17.6 Å². The third-order valence-corrected chi connectivity index (χ3v) is 5.91. The average molecular weight is 313 g/mol. The molecule has 4 nitrogen and oxygen atoms in total. The molecule has 1 amide bonds. The summed E-state index contributed by atoms with van der Waals surface area (Å²) in [5.41, 5.74) is 1.39. The van der Waals surface area contributed by atoms with E-state index in [1.54, 1.807) is 24.3 Å². The molecular weight excluding hydrogens is 290 g/mol. The zero-order valence-corrected chi connectivity index (χ0v) is 13.9. The molecule has 0 heterocycles. The summed E-state index contributed by atoms with van der Waals surface area (Å²) < 4.78 is 4.79. The molecule has 1 N–H and O–H groups in total. The highest BCUT2D eigenvalue weighted by Gasteiger charge is 2.60. The van der Waals surface area contributed by atoms with Gasteiger partial charge < -0.3 is 10.1 Å². The number of methoxy groups -OCH3 is 1. The van der Waals surface area contributed by atoms with Crippen molar-refractivity contribution in [2.24, 2.45) is 16.7 Å². The van der Waals surface area contributed by atoms with Gasteiger partial charge in [-0.25, -0.2) is 4.79 Å². The van der Waals surface area contributed by atoms with Crippen LogP contribution < -0.4 is 5.32 Å². The number of amides is 1. The van der Waals surface area contributed by atoms with Gasteiger partial charge in [-0.3, -0.25) is 4.79 Å². The molecule has 2 bridgehead atoms. The van der Waals surface area contributed by atoms with Crippen molar-refractivity contribution in [3.63, 3.8) is 0 Å². The number of fused-ring (bicyclic) bond motifs is 2. The molecule has 0 aromatic heterocycles. The van der Waals surface area contributed by atoms with Gasteiger partial charge in [0.05, 0.1) is 23.8 Å². The van der Waals surface area contributed by atoms with Crippen LogP contribution in [0.25, 0.3) is 0 Å². The van der Waals surface area contributed by atoms with Gasteiger partial charge >= 0.3 is 5.97 Å². The van der Waals surface area contributed by atoms with Gasteiger partial charge in [-0.05, 0) is 42.7 Å². The Morgan fingerprint density at radius 2 is 2.00 bits per heavy atom. The molecule has 3 rings (SSSR count). The summed E-state index contributed by atoms with van der Waals surface area (Å²) in [4.78, 5) is 24.9. The van der Waals surface area contributed by atoms with E-state index in [4.69, 9.17) is 4.74 Å². The van der Waals surface area contributed by atoms with E-state index < -0.39 is 11.4 Å². The van der Waals surface area contributed by atoms with E-state index in [0.717, 1.165) is 24.8 Å². The van der Waals surface area contributed by atoms with Crippen LogP contribution in [0.1, 0.15) is 43.5 Å². The predicted octanol–water partition coefficient (Wildman–Crippen LogP) is 3.79. The second kappa shape index (κ2) is 5.22. The van der Waals surface area contributed by atoms with Crippen molar-refractivity contribution in [1.82, 2.24) is 0 Å². The van der Waals surface area contributed by atoms with E-state index in [2.05, 4.69) is 25.7 Å². The number of rotatable bonds is 3. The summed E-state index contributed by atoms with van der Waals surface area (Å²) in [5.74, 6) is 0.0109. The summed E-state index contributed by atoms with van der Waals surface area (Å²) >= 11 is 0. The van der Waals surface area contributed by atoms with Gasteiger partial charge in [0.1, 0.15) is 0 Å². The Hall–Kier alpha value is -2.10. The molecule has 122 valence electrons. The maximum atomic E-state index is 13.0. The number of nitrogens with one attached hydrogen (secondary N) is 1. The molecule has 4 heteroatoms.